The molecule has 0 aliphatic carbocycles. The molecule has 0 unspecified atom stereocenters. The van der Waals surface area contributed by atoms with Crippen LogP contribution in [0.1, 0.15) is 40.9 Å². The molecule has 0 saturated heterocycles. The molecule has 1 amide bonds. The second-order valence-corrected chi connectivity index (χ2v) is 6.34. The molecule has 1 atom stereocenters. The summed E-state index contributed by atoms with van der Waals surface area (Å²) in [6, 6.07) is 6.33. The highest BCUT2D eigenvalue weighted by Crippen LogP contribution is 2.18. The second-order valence-electron chi connectivity index (χ2n) is 6.34. The van der Waals surface area contributed by atoms with Gasteiger partial charge in [0.1, 0.15) is 0 Å². The van der Waals surface area contributed by atoms with Crippen molar-refractivity contribution in [1.29, 1.82) is 0 Å². The van der Waals surface area contributed by atoms with E-state index in [0.717, 1.165) is 11.3 Å². The van der Waals surface area contributed by atoms with E-state index in [0.29, 0.717) is 13.1 Å². The molecule has 0 radical (unpaired) electrons. The van der Waals surface area contributed by atoms with Crippen LogP contribution in [0.25, 0.3) is 0 Å². The third-order valence-corrected chi connectivity index (χ3v) is 4.07. The van der Waals surface area contributed by atoms with Gasteiger partial charge in [-0.15, -0.1) is 0 Å². The molecule has 23 heavy (non-hydrogen) atoms. The summed E-state index contributed by atoms with van der Waals surface area (Å²) in [5.41, 5.74) is 5.74. The lowest BCUT2D eigenvalue weighted by atomic mass is 10.00. The van der Waals surface area contributed by atoms with Crippen molar-refractivity contribution in [3.8, 4) is 0 Å². The maximum Gasteiger partial charge on any atom is 0.234 e. The first-order chi connectivity index (χ1) is 10.9. The lowest BCUT2D eigenvalue weighted by Gasteiger charge is -2.20. The molecule has 5 nitrogen and oxygen atoms in total. The molecule has 1 heterocycles. The van der Waals surface area contributed by atoms with E-state index in [4.69, 9.17) is 0 Å². The maximum atomic E-state index is 12.3. The van der Waals surface area contributed by atoms with Crippen molar-refractivity contribution in [2.24, 2.45) is 0 Å². The summed E-state index contributed by atoms with van der Waals surface area (Å²) < 4.78 is 0. The average Bonchev–Trinajstić information content (AvgIpc) is 2.86. The van der Waals surface area contributed by atoms with Gasteiger partial charge < -0.3 is 5.32 Å². The molecule has 5 heteroatoms. The van der Waals surface area contributed by atoms with E-state index in [2.05, 4.69) is 47.6 Å². The van der Waals surface area contributed by atoms with Gasteiger partial charge in [0.2, 0.25) is 5.91 Å². The van der Waals surface area contributed by atoms with Gasteiger partial charge in [-0.3, -0.25) is 14.8 Å². The molecule has 0 aliphatic heterocycles. The predicted molar refractivity (Wildman–Crippen MR) is 92.1 cm³/mol. The van der Waals surface area contributed by atoms with Gasteiger partial charge in [0.25, 0.3) is 0 Å². The molecular weight excluding hydrogens is 288 g/mol. The van der Waals surface area contributed by atoms with Crippen molar-refractivity contribution in [2.45, 2.75) is 40.3 Å². The molecule has 0 saturated carbocycles. The molecule has 0 spiro atoms. The Labute approximate surface area is 138 Å². The Hall–Kier alpha value is -2.14. The molecule has 2 rings (SSSR count). The number of hydrogen-bond donors (Lipinski definition) is 2. The van der Waals surface area contributed by atoms with Crippen LogP contribution in [0.3, 0.4) is 0 Å². The third-order valence-electron chi connectivity index (χ3n) is 4.07. The highest BCUT2D eigenvalue weighted by atomic mass is 16.2. The van der Waals surface area contributed by atoms with E-state index in [1.165, 1.54) is 16.7 Å². The van der Waals surface area contributed by atoms with Crippen LogP contribution in [0.2, 0.25) is 0 Å². The summed E-state index contributed by atoms with van der Waals surface area (Å²) in [5.74, 6) is 0.0297. The topological polar surface area (TPSA) is 61.0 Å². The highest BCUT2D eigenvalue weighted by Gasteiger charge is 2.14. The Balaban J connectivity index is 1.91. The molecule has 0 aliphatic rings. The summed E-state index contributed by atoms with van der Waals surface area (Å²) in [6.45, 7) is 9.22. The Morgan fingerprint density at radius 3 is 2.74 bits per heavy atom. The Kier molecular flexibility index (Phi) is 5.55. The zero-order valence-corrected chi connectivity index (χ0v) is 14.6. The minimum Gasteiger partial charge on any atom is -0.348 e. The number of rotatable bonds is 6. The number of amides is 1. The lowest BCUT2D eigenvalue weighted by molar-refractivity contribution is -0.122. The first-order valence-corrected chi connectivity index (χ1v) is 7.90. The second kappa shape index (κ2) is 7.42. The van der Waals surface area contributed by atoms with Crippen LogP contribution < -0.4 is 5.32 Å². The minimum atomic E-state index is 0.00598. The quantitative estimate of drug-likeness (QED) is 0.861. The number of carbonyl (C=O) groups excluding carboxylic acids is 1. The highest BCUT2D eigenvalue weighted by molar-refractivity contribution is 5.78. The van der Waals surface area contributed by atoms with E-state index >= 15 is 0 Å². The van der Waals surface area contributed by atoms with Crippen LogP contribution in [0.4, 0.5) is 0 Å². The summed E-state index contributed by atoms with van der Waals surface area (Å²) in [4.78, 5) is 14.3. The minimum absolute atomic E-state index is 0.00598. The van der Waals surface area contributed by atoms with E-state index in [1.54, 1.807) is 0 Å². The maximum absolute atomic E-state index is 12.3. The zero-order chi connectivity index (χ0) is 17.0. The van der Waals surface area contributed by atoms with E-state index in [9.17, 15) is 4.79 Å². The van der Waals surface area contributed by atoms with Crippen LogP contribution in [-0.4, -0.2) is 34.6 Å². The number of aromatic nitrogens is 2. The van der Waals surface area contributed by atoms with Crippen molar-refractivity contribution < 1.29 is 4.79 Å². The Morgan fingerprint density at radius 2 is 2.09 bits per heavy atom. The number of nitrogens with zero attached hydrogens (tertiary/aromatic N) is 2. The Morgan fingerprint density at radius 1 is 1.35 bits per heavy atom. The smallest absolute Gasteiger partial charge is 0.234 e. The molecule has 1 aromatic carbocycles. The van der Waals surface area contributed by atoms with Crippen LogP contribution in [0, 0.1) is 20.8 Å². The van der Waals surface area contributed by atoms with E-state index in [1.807, 2.05) is 32.0 Å². The number of hydrogen-bond acceptors (Lipinski definition) is 3. The van der Waals surface area contributed by atoms with Gasteiger partial charge in [0.05, 0.1) is 18.8 Å². The summed E-state index contributed by atoms with van der Waals surface area (Å²) in [6.07, 6.45) is 1.81. The van der Waals surface area contributed by atoms with Gasteiger partial charge in [0.15, 0.2) is 0 Å². The monoisotopic (exact) mass is 314 g/mol. The molecule has 2 N–H and O–H groups in total. The normalized spacial score (nSPS) is 12.4. The third kappa shape index (κ3) is 4.66. The molecule has 2 aromatic rings. The largest absolute Gasteiger partial charge is 0.348 e. The summed E-state index contributed by atoms with van der Waals surface area (Å²) in [5, 5.41) is 10.0. The van der Waals surface area contributed by atoms with Crippen molar-refractivity contribution >= 4 is 5.91 Å². The van der Waals surface area contributed by atoms with Gasteiger partial charge in [-0.25, -0.2) is 0 Å². The van der Waals surface area contributed by atoms with Gasteiger partial charge in [-0.1, -0.05) is 23.8 Å². The molecule has 0 fully saturated rings. The van der Waals surface area contributed by atoms with Crippen LogP contribution in [0.15, 0.2) is 24.4 Å². The standard InChI is InChI=1S/C18H26N4O/c1-12-6-7-13(2)17(8-12)15(4)20-18(23)11-22(5)10-16-9-19-21-14(16)3/h6-9,15H,10-11H2,1-5H3,(H,19,21)(H,20,23)/t15-/m0/s1. The van der Waals surface area contributed by atoms with Crippen molar-refractivity contribution in [3.05, 3.63) is 52.3 Å². The van der Waals surface area contributed by atoms with Crippen LogP contribution in [0.5, 0.6) is 0 Å². The Bertz CT molecular complexity index is 677. The first kappa shape index (κ1) is 17.2. The molecule has 1 aromatic heterocycles. The van der Waals surface area contributed by atoms with E-state index < -0.39 is 0 Å². The number of carbonyl (C=O) groups is 1. The van der Waals surface area contributed by atoms with Gasteiger partial charge in [0, 0.05) is 17.8 Å². The van der Waals surface area contributed by atoms with Crippen molar-refractivity contribution in [1.82, 2.24) is 20.4 Å². The van der Waals surface area contributed by atoms with Gasteiger partial charge in [-0.05, 0) is 45.9 Å². The number of nitrogens with one attached hydrogen (secondary N) is 2. The summed E-state index contributed by atoms with van der Waals surface area (Å²) >= 11 is 0. The summed E-state index contributed by atoms with van der Waals surface area (Å²) in [7, 11) is 1.94. The molecular formula is C18H26N4O. The fraction of sp³-hybridized carbons (Fsp3) is 0.444. The van der Waals surface area contributed by atoms with Crippen LogP contribution in [-0.2, 0) is 11.3 Å². The average molecular weight is 314 g/mol. The van der Waals surface area contributed by atoms with Gasteiger partial charge >= 0.3 is 0 Å². The van der Waals surface area contributed by atoms with Crippen LogP contribution >= 0.6 is 0 Å². The number of aromatic amines is 1. The SMILES string of the molecule is Cc1ccc(C)c([C@H](C)NC(=O)CN(C)Cc2cn[nH]c2C)c1. The fourth-order valence-electron chi connectivity index (χ4n) is 2.72. The van der Waals surface area contributed by atoms with E-state index in [-0.39, 0.29) is 11.9 Å². The molecule has 124 valence electrons. The molecule has 0 bridgehead atoms. The number of likely N-dealkylation sites (N-methyl/N-ethyl adjacent to an activating group) is 1. The predicted octanol–water partition coefficient (Wildman–Crippen LogP) is 2.64. The number of aryl methyl sites for hydroxylation is 3. The number of H-pyrrole nitrogens is 1. The fourth-order valence-corrected chi connectivity index (χ4v) is 2.72. The van der Waals surface area contributed by atoms with Crippen molar-refractivity contribution in [3.63, 3.8) is 0 Å². The van der Waals surface area contributed by atoms with Gasteiger partial charge in [-0.2, -0.15) is 5.10 Å². The van der Waals surface area contributed by atoms with Crippen molar-refractivity contribution in [2.75, 3.05) is 13.6 Å². The number of benzene rings is 1. The lowest BCUT2D eigenvalue weighted by Crippen LogP contribution is -2.36. The zero-order valence-electron chi connectivity index (χ0n) is 14.6. The first-order valence-electron chi connectivity index (χ1n) is 7.90.